The smallest absolute Gasteiger partial charge is 0.252 e. The number of nitrogens with one attached hydrogen (secondary N) is 1. The van der Waals surface area contributed by atoms with Crippen LogP contribution in [-0.2, 0) is 27.5 Å². The molecule has 34 heavy (non-hydrogen) atoms. The third-order valence-corrected chi connectivity index (χ3v) is 6.17. The number of methoxy groups -OCH3 is 1. The van der Waals surface area contributed by atoms with Gasteiger partial charge in [-0.15, -0.1) is 0 Å². The van der Waals surface area contributed by atoms with Gasteiger partial charge < -0.3 is 29.7 Å². The van der Waals surface area contributed by atoms with Gasteiger partial charge in [0.15, 0.2) is 5.60 Å². The van der Waals surface area contributed by atoms with E-state index in [1.807, 2.05) is 50.2 Å². The van der Waals surface area contributed by atoms with Crippen LogP contribution in [0.3, 0.4) is 0 Å². The summed E-state index contributed by atoms with van der Waals surface area (Å²) in [5.74, 6) is 0.598. The first kappa shape index (κ1) is 26.4. The third-order valence-electron chi connectivity index (χ3n) is 5.93. The van der Waals surface area contributed by atoms with Crippen molar-refractivity contribution in [2.45, 2.75) is 63.8 Å². The van der Waals surface area contributed by atoms with Crippen LogP contribution in [0.25, 0.3) is 0 Å². The van der Waals surface area contributed by atoms with Gasteiger partial charge in [-0.05, 0) is 41.3 Å². The van der Waals surface area contributed by atoms with Gasteiger partial charge in [0.05, 0.1) is 32.5 Å². The van der Waals surface area contributed by atoms with E-state index in [4.69, 9.17) is 25.8 Å². The summed E-state index contributed by atoms with van der Waals surface area (Å²) in [5, 5.41) is 24.9. The van der Waals surface area contributed by atoms with E-state index in [-0.39, 0.29) is 37.9 Å². The summed E-state index contributed by atoms with van der Waals surface area (Å²) in [6.45, 7) is 4.78. The lowest BCUT2D eigenvalue weighted by Crippen LogP contribution is -2.60. The first-order valence-electron chi connectivity index (χ1n) is 11.5. The fourth-order valence-corrected chi connectivity index (χ4v) is 4.25. The number of aliphatic hydroxyl groups is 2. The predicted molar refractivity (Wildman–Crippen MR) is 130 cm³/mol. The van der Waals surface area contributed by atoms with Crippen molar-refractivity contribution in [3.63, 3.8) is 0 Å². The van der Waals surface area contributed by atoms with E-state index in [0.717, 1.165) is 11.1 Å². The van der Waals surface area contributed by atoms with Crippen LogP contribution in [0.15, 0.2) is 48.5 Å². The Hall–Kier alpha value is -2.16. The average molecular weight is 492 g/mol. The molecule has 186 valence electrons. The molecule has 4 atom stereocenters. The van der Waals surface area contributed by atoms with E-state index in [1.165, 1.54) is 0 Å². The summed E-state index contributed by atoms with van der Waals surface area (Å²) >= 11 is 6.06. The quantitative estimate of drug-likeness (QED) is 0.471. The van der Waals surface area contributed by atoms with Crippen LogP contribution < -0.4 is 10.1 Å². The van der Waals surface area contributed by atoms with E-state index in [1.54, 1.807) is 19.2 Å². The van der Waals surface area contributed by atoms with Gasteiger partial charge >= 0.3 is 0 Å². The van der Waals surface area contributed by atoms with Gasteiger partial charge in [-0.25, -0.2) is 0 Å². The molecule has 1 saturated carbocycles. The molecule has 0 aliphatic heterocycles. The van der Waals surface area contributed by atoms with Crippen molar-refractivity contribution in [2.75, 3.05) is 13.7 Å². The lowest BCUT2D eigenvalue weighted by Gasteiger charge is -2.44. The molecule has 8 heteroatoms. The number of benzene rings is 2. The number of halogens is 1. The first-order chi connectivity index (χ1) is 16.2. The number of hydrogen-bond acceptors (Lipinski definition) is 6. The minimum absolute atomic E-state index is 0.0426. The Bertz CT molecular complexity index is 954. The highest BCUT2D eigenvalue weighted by atomic mass is 35.5. The van der Waals surface area contributed by atoms with Crippen LogP contribution >= 0.6 is 11.6 Å². The van der Waals surface area contributed by atoms with Gasteiger partial charge in [0, 0.05) is 24.4 Å². The fourth-order valence-electron chi connectivity index (χ4n) is 4.03. The maximum atomic E-state index is 13.4. The highest BCUT2D eigenvalue weighted by Crippen LogP contribution is 2.36. The van der Waals surface area contributed by atoms with Gasteiger partial charge in [-0.2, -0.15) is 0 Å². The zero-order chi connectivity index (χ0) is 24.7. The normalized spacial score (nSPS) is 24.7. The number of amides is 1. The van der Waals surface area contributed by atoms with Crippen molar-refractivity contribution in [2.24, 2.45) is 5.92 Å². The molecule has 1 fully saturated rings. The van der Waals surface area contributed by atoms with Crippen molar-refractivity contribution >= 4 is 17.5 Å². The Morgan fingerprint density at radius 1 is 1.12 bits per heavy atom. The number of carbonyl (C=O) groups is 1. The minimum Gasteiger partial charge on any atom is -0.497 e. The molecule has 1 aliphatic carbocycles. The van der Waals surface area contributed by atoms with Crippen molar-refractivity contribution in [1.29, 1.82) is 0 Å². The lowest BCUT2D eigenvalue weighted by atomic mass is 9.78. The Kier molecular flexibility index (Phi) is 9.33. The summed E-state index contributed by atoms with van der Waals surface area (Å²) in [5.41, 5.74) is 0.287. The number of carbonyl (C=O) groups excluding carboxylic acids is 1. The zero-order valence-corrected chi connectivity index (χ0v) is 20.6. The van der Waals surface area contributed by atoms with Crippen LogP contribution in [0.1, 0.15) is 37.8 Å². The third kappa shape index (κ3) is 6.93. The Morgan fingerprint density at radius 3 is 2.50 bits per heavy atom. The summed E-state index contributed by atoms with van der Waals surface area (Å²) in [7, 11) is 1.58. The van der Waals surface area contributed by atoms with Crippen molar-refractivity contribution in [1.82, 2.24) is 5.32 Å². The number of aliphatic hydroxyl groups excluding tert-OH is 2. The largest absolute Gasteiger partial charge is 0.497 e. The molecule has 2 aromatic carbocycles. The standard InChI is InChI=1S/C26H34ClNO6/c1-17(2)14-28-25(31)26(34-16-19-7-5-9-21(11-19)32-3)12-22(29)24(30)23(13-26)33-15-18-6-4-8-20(27)10-18/h4-11,17,22-24,29-30H,12-16H2,1-3H3,(H,28,31)/t22-,23?,24-,26+/m1/s1. The molecular weight excluding hydrogens is 458 g/mol. The Labute approximate surface area is 206 Å². The maximum absolute atomic E-state index is 13.4. The topological polar surface area (TPSA) is 97.3 Å². The Balaban J connectivity index is 1.80. The van der Waals surface area contributed by atoms with Gasteiger partial charge in [0.25, 0.3) is 5.91 Å². The highest BCUT2D eigenvalue weighted by Gasteiger charge is 2.51. The van der Waals surface area contributed by atoms with Gasteiger partial charge in [0.1, 0.15) is 11.9 Å². The van der Waals surface area contributed by atoms with E-state index in [0.29, 0.717) is 17.3 Å². The SMILES string of the molecule is COc1cccc(CO[C@]2(C(=O)NCC(C)C)CC(OCc3cccc(Cl)c3)[C@H](O)[C@H](O)C2)c1. The summed E-state index contributed by atoms with van der Waals surface area (Å²) < 4.78 is 17.5. The van der Waals surface area contributed by atoms with Crippen LogP contribution in [0.4, 0.5) is 0 Å². The molecule has 0 radical (unpaired) electrons. The van der Waals surface area contributed by atoms with Crippen LogP contribution in [-0.4, -0.2) is 53.7 Å². The van der Waals surface area contributed by atoms with Crippen molar-refractivity contribution in [3.05, 3.63) is 64.7 Å². The monoisotopic (exact) mass is 491 g/mol. The molecule has 3 N–H and O–H groups in total. The molecule has 0 heterocycles. The predicted octanol–water partition coefficient (Wildman–Crippen LogP) is 3.48. The van der Waals surface area contributed by atoms with E-state index >= 15 is 0 Å². The molecule has 0 aromatic heterocycles. The highest BCUT2D eigenvalue weighted by molar-refractivity contribution is 6.30. The van der Waals surface area contributed by atoms with E-state index < -0.39 is 23.9 Å². The molecule has 0 spiro atoms. The Morgan fingerprint density at radius 2 is 1.82 bits per heavy atom. The van der Waals surface area contributed by atoms with Crippen LogP contribution in [0, 0.1) is 5.92 Å². The van der Waals surface area contributed by atoms with Gasteiger partial charge in [-0.1, -0.05) is 49.7 Å². The molecular formula is C26H34ClNO6. The molecule has 1 amide bonds. The lowest BCUT2D eigenvalue weighted by molar-refractivity contribution is -0.200. The zero-order valence-electron chi connectivity index (χ0n) is 19.9. The molecule has 3 rings (SSSR count). The minimum atomic E-state index is -1.37. The second-order valence-electron chi connectivity index (χ2n) is 9.18. The second kappa shape index (κ2) is 12.0. The van der Waals surface area contributed by atoms with Crippen LogP contribution in [0.5, 0.6) is 5.75 Å². The number of hydrogen-bond donors (Lipinski definition) is 3. The van der Waals surface area contributed by atoms with E-state index in [9.17, 15) is 15.0 Å². The molecule has 7 nitrogen and oxygen atoms in total. The molecule has 1 unspecified atom stereocenters. The van der Waals surface area contributed by atoms with Crippen LogP contribution in [0.2, 0.25) is 5.02 Å². The van der Waals surface area contributed by atoms with Crippen molar-refractivity contribution < 1.29 is 29.2 Å². The molecule has 0 saturated heterocycles. The molecule has 2 aromatic rings. The number of rotatable bonds is 10. The second-order valence-corrected chi connectivity index (χ2v) is 9.62. The van der Waals surface area contributed by atoms with Crippen molar-refractivity contribution in [3.8, 4) is 5.75 Å². The number of ether oxygens (including phenoxy) is 3. The summed E-state index contributed by atoms with van der Waals surface area (Å²) in [6, 6.07) is 14.6. The molecule has 0 bridgehead atoms. The summed E-state index contributed by atoms with van der Waals surface area (Å²) in [4.78, 5) is 13.4. The summed E-state index contributed by atoms with van der Waals surface area (Å²) in [6.07, 6.45) is -3.09. The fraction of sp³-hybridized carbons (Fsp3) is 0.500. The van der Waals surface area contributed by atoms with Gasteiger partial charge in [0.2, 0.25) is 0 Å². The average Bonchev–Trinajstić information content (AvgIpc) is 2.82. The van der Waals surface area contributed by atoms with Gasteiger partial charge in [-0.3, -0.25) is 4.79 Å². The molecule has 1 aliphatic rings. The first-order valence-corrected chi connectivity index (χ1v) is 11.9. The van der Waals surface area contributed by atoms with E-state index in [2.05, 4.69) is 5.32 Å². The maximum Gasteiger partial charge on any atom is 0.252 e.